The molecule has 0 atom stereocenters. The standard InChI is InChI=1S/C25H21Cl2NO7/c1-14-3-2-4-16(9-14)23(32)18-12-17(5-6-21(18)29)35-24-19(26)10-15(11-20(24)27)7-8-34-25(33)28-13-22(30)31/h2-6,9-12,29H,7-8,13H2,1H3,(H,28,33)(H,30,31). The van der Waals surface area contributed by atoms with Crippen molar-refractivity contribution in [2.45, 2.75) is 13.3 Å². The molecule has 1 amide bonds. The van der Waals surface area contributed by atoms with Gasteiger partial charge in [0, 0.05) is 12.0 Å². The number of amides is 1. The van der Waals surface area contributed by atoms with Crippen LogP contribution in [0.25, 0.3) is 0 Å². The van der Waals surface area contributed by atoms with E-state index in [9.17, 15) is 19.5 Å². The third kappa shape index (κ3) is 7.11. The van der Waals surface area contributed by atoms with Crippen molar-refractivity contribution in [2.75, 3.05) is 13.2 Å². The molecular weight excluding hydrogens is 497 g/mol. The van der Waals surface area contributed by atoms with Crippen LogP contribution in [0.15, 0.2) is 54.6 Å². The lowest BCUT2D eigenvalue weighted by Gasteiger charge is -2.13. The molecule has 3 aromatic rings. The maximum absolute atomic E-state index is 12.9. The van der Waals surface area contributed by atoms with Gasteiger partial charge in [-0.15, -0.1) is 0 Å². The van der Waals surface area contributed by atoms with Gasteiger partial charge in [-0.2, -0.15) is 0 Å². The number of phenolic OH excluding ortho intramolecular Hbond substituents is 1. The maximum atomic E-state index is 12.9. The Kier molecular flexibility index (Phi) is 8.57. The molecule has 0 bridgehead atoms. The molecule has 3 aromatic carbocycles. The third-order valence-electron chi connectivity index (χ3n) is 4.78. The number of carbonyl (C=O) groups excluding carboxylic acids is 2. The molecule has 3 N–H and O–H groups in total. The molecule has 0 aliphatic rings. The molecule has 182 valence electrons. The van der Waals surface area contributed by atoms with Crippen LogP contribution >= 0.6 is 23.2 Å². The lowest BCUT2D eigenvalue weighted by molar-refractivity contribution is -0.135. The van der Waals surface area contributed by atoms with Crippen LogP contribution in [-0.2, 0) is 16.0 Å². The quantitative estimate of drug-likeness (QED) is 0.325. The SMILES string of the molecule is Cc1cccc(C(=O)c2cc(Oc3c(Cl)cc(CCOC(=O)NCC(=O)O)cc3Cl)ccc2O)c1. The Morgan fingerprint density at radius 2 is 1.71 bits per heavy atom. The Hall–Kier alpha value is -3.75. The lowest BCUT2D eigenvalue weighted by Crippen LogP contribution is -2.30. The van der Waals surface area contributed by atoms with Gasteiger partial charge in [-0.1, -0.05) is 47.0 Å². The van der Waals surface area contributed by atoms with Crippen LogP contribution in [0.5, 0.6) is 17.2 Å². The molecule has 0 saturated carbocycles. The molecule has 0 spiro atoms. The highest BCUT2D eigenvalue weighted by atomic mass is 35.5. The number of rotatable bonds is 9. The smallest absolute Gasteiger partial charge is 0.407 e. The van der Waals surface area contributed by atoms with E-state index < -0.39 is 18.6 Å². The van der Waals surface area contributed by atoms with Gasteiger partial charge in [0.2, 0.25) is 0 Å². The molecule has 8 nitrogen and oxygen atoms in total. The second-order valence-corrected chi connectivity index (χ2v) is 8.32. The Labute approximate surface area is 211 Å². The third-order valence-corrected chi connectivity index (χ3v) is 5.34. The van der Waals surface area contributed by atoms with Crippen molar-refractivity contribution in [3.05, 3.63) is 86.9 Å². The predicted molar refractivity (Wildman–Crippen MR) is 130 cm³/mol. The van der Waals surface area contributed by atoms with Crippen LogP contribution in [0.3, 0.4) is 0 Å². The number of ketones is 1. The van der Waals surface area contributed by atoms with Gasteiger partial charge in [-0.25, -0.2) is 4.79 Å². The number of halogens is 2. The van der Waals surface area contributed by atoms with E-state index in [0.29, 0.717) is 11.1 Å². The first kappa shape index (κ1) is 25.9. The molecule has 0 aliphatic heterocycles. The predicted octanol–water partition coefficient (Wildman–Crippen LogP) is 5.38. The number of hydrogen-bond acceptors (Lipinski definition) is 6. The Morgan fingerprint density at radius 1 is 1.00 bits per heavy atom. The molecule has 0 saturated heterocycles. The van der Waals surface area contributed by atoms with Crippen LogP contribution in [0.2, 0.25) is 10.0 Å². The molecule has 3 rings (SSSR count). The average molecular weight is 518 g/mol. The maximum Gasteiger partial charge on any atom is 0.407 e. The van der Waals surface area contributed by atoms with Crippen LogP contribution in [0.4, 0.5) is 4.79 Å². The normalized spacial score (nSPS) is 10.5. The van der Waals surface area contributed by atoms with Crippen molar-refractivity contribution in [3.63, 3.8) is 0 Å². The molecule has 10 heteroatoms. The highest BCUT2D eigenvalue weighted by Crippen LogP contribution is 2.38. The minimum atomic E-state index is -1.18. The van der Waals surface area contributed by atoms with E-state index in [0.717, 1.165) is 5.56 Å². The summed E-state index contributed by atoms with van der Waals surface area (Å²) in [6.45, 7) is 1.29. The summed E-state index contributed by atoms with van der Waals surface area (Å²) in [5, 5.41) is 21.2. The molecule has 0 fully saturated rings. The van der Waals surface area contributed by atoms with Crippen molar-refractivity contribution in [2.24, 2.45) is 0 Å². The molecular formula is C25H21Cl2NO7. The van der Waals surface area contributed by atoms with Crippen molar-refractivity contribution in [3.8, 4) is 17.2 Å². The Bertz CT molecular complexity index is 1250. The van der Waals surface area contributed by atoms with E-state index in [1.807, 2.05) is 13.0 Å². The summed E-state index contributed by atoms with van der Waals surface area (Å²) in [5.41, 5.74) is 2.05. The number of hydrogen-bond donors (Lipinski definition) is 3. The number of phenols is 1. The second-order valence-electron chi connectivity index (χ2n) is 7.50. The number of benzene rings is 3. The summed E-state index contributed by atoms with van der Waals surface area (Å²) >= 11 is 12.7. The zero-order valence-electron chi connectivity index (χ0n) is 18.5. The fourth-order valence-electron chi connectivity index (χ4n) is 3.13. The zero-order valence-corrected chi connectivity index (χ0v) is 20.0. The van der Waals surface area contributed by atoms with E-state index in [1.54, 1.807) is 30.3 Å². The molecule has 0 aromatic heterocycles. The summed E-state index contributed by atoms with van der Waals surface area (Å²) in [6, 6.07) is 14.4. The van der Waals surface area contributed by atoms with Gasteiger partial charge in [0.1, 0.15) is 18.0 Å². The van der Waals surface area contributed by atoms with E-state index in [4.69, 9.17) is 37.8 Å². The topological polar surface area (TPSA) is 122 Å². The highest BCUT2D eigenvalue weighted by molar-refractivity contribution is 6.37. The number of alkyl carbamates (subject to hydrolysis) is 1. The van der Waals surface area contributed by atoms with Gasteiger partial charge in [0.25, 0.3) is 0 Å². The van der Waals surface area contributed by atoms with E-state index in [1.165, 1.54) is 18.2 Å². The summed E-state index contributed by atoms with van der Waals surface area (Å²) in [7, 11) is 0. The number of ether oxygens (including phenoxy) is 2. The minimum absolute atomic E-state index is 0.0271. The number of carbonyl (C=O) groups is 3. The summed E-state index contributed by atoms with van der Waals surface area (Å²) in [4.78, 5) is 34.8. The van der Waals surface area contributed by atoms with Gasteiger partial charge in [0.05, 0.1) is 22.2 Å². The van der Waals surface area contributed by atoms with Crippen LogP contribution in [0, 0.1) is 6.92 Å². The number of nitrogens with one attached hydrogen (secondary N) is 1. The first-order valence-electron chi connectivity index (χ1n) is 10.4. The number of aromatic hydroxyl groups is 1. The van der Waals surface area contributed by atoms with E-state index in [2.05, 4.69) is 5.32 Å². The average Bonchev–Trinajstić information content (AvgIpc) is 2.80. The van der Waals surface area contributed by atoms with Gasteiger partial charge >= 0.3 is 12.1 Å². The fourth-order valence-corrected chi connectivity index (χ4v) is 3.74. The van der Waals surface area contributed by atoms with Gasteiger partial charge < -0.3 is 25.0 Å². The fraction of sp³-hybridized carbons (Fsp3) is 0.160. The summed E-state index contributed by atoms with van der Waals surface area (Å²) in [5.74, 6) is -1.35. The minimum Gasteiger partial charge on any atom is -0.507 e. The van der Waals surface area contributed by atoms with E-state index in [-0.39, 0.29) is 51.7 Å². The van der Waals surface area contributed by atoms with Crippen molar-refractivity contribution in [1.82, 2.24) is 5.32 Å². The largest absolute Gasteiger partial charge is 0.507 e. The Morgan fingerprint density at radius 3 is 2.37 bits per heavy atom. The highest BCUT2D eigenvalue weighted by Gasteiger charge is 2.17. The number of aryl methyl sites for hydroxylation is 1. The first-order valence-corrected chi connectivity index (χ1v) is 11.1. The van der Waals surface area contributed by atoms with Gasteiger partial charge in [-0.05, 0) is 48.9 Å². The number of carboxylic acid groups (broad SMARTS) is 1. The van der Waals surface area contributed by atoms with Crippen molar-refractivity contribution >= 4 is 41.0 Å². The molecule has 0 radical (unpaired) electrons. The van der Waals surface area contributed by atoms with Gasteiger partial charge in [-0.3, -0.25) is 9.59 Å². The van der Waals surface area contributed by atoms with Crippen molar-refractivity contribution < 1.29 is 34.1 Å². The molecule has 0 heterocycles. The summed E-state index contributed by atoms with van der Waals surface area (Å²) < 4.78 is 10.7. The van der Waals surface area contributed by atoms with Crippen molar-refractivity contribution in [1.29, 1.82) is 0 Å². The van der Waals surface area contributed by atoms with Crippen LogP contribution < -0.4 is 10.1 Å². The summed E-state index contributed by atoms with van der Waals surface area (Å²) in [6.07, 6.45) is -0.581. The molecule has 35 heavy (non-hydrogen) atoms. The molecule has 0 aliphatic carbocycles. The first-order chi connectivity index (χ1) is 16.6. The zero-order chi connectivity index (χ0) is 25.5. The van der Waals surface area contributed by atoms with Crippen LogP contribution in [0.1, 0.15) is 27.0 Å². The second kappa shape index (κ2) is 11.6. The number of aliphatic carboxylic acids is 1. The van der Waals surface area contributed by atoms with E-state index >= 15 is 0 Å². The monoisotopic (exact) mass is 517 g/mol. The lowest BCUT2D eigenvalue weighted by atomic mass is 10.0. The van der Waals surface area contributed by atoms with Crippen LogP contribution in [-0.4, -0.2) is 41.2 Å². The Balaban J connectivity index is 1.71. The molecule has 0 unspecified atom stereocenters. The number of carboxylic acids is 1. The van der Waals surface area contributed by atoms with Gasteiger partial charge in [0.15, 0.2) is 11.5 Å².